The van der Waals surface area contributed by atoms with Crippen molar-refractivity contribution in [3.05, 3.63) is 58.0 Å². The number of rotatable bonds is 4. The Hall–Kier alpha value is -2.67. The van der Waals surface area contributed by atoms with Crippen LogP contribution in [0, 0.1) is 0 Å². The van der Waals surface area contributed by atoms with Gasteiger partial charge < -0.3 is 9.40 Å². The number of aromatic amines is 1. The SMILES string of the molecule is CCn1nccc1CN1CCc2nc(-c3ccco3)[nH]c(=O)c2C1. The molecule has 0 saturated heterocycles. The van der Waals surface area contributed by atoms with E-state index in [2.05, 4.69) is 26.9 Å². The van der Waals surface area contributed by atoms with Gasteiger partial charge in [-0.25, -0.2) is 4.98 Å². The summed E-state index contributed by atoms with van der Waals surface area (Å²) in [7, 11) is 0. The lowest BCUT2D eigenvalue weighted by molar-refractivity contribution is 0.234. The topological polar surface area (TPSA) is 80.0 Å². The number of aryl methyl sites for hydroxylation is 1. The number of nitrogens with zero attached hydrogens (tertiary/aromatic N) is 4. The van der Waals surface area contributed by atoms with Crippen molar-refractivity contribution in [2.24, 2.45) is 0 Å². The van der Waals surface area contributed by atoms with Crippen LogP contribution < -0.4 is 5.56 Å². The van der Waals surface area contributed by atoms with Gasteiger partial charge in [0.25, 0.3) is 5.56 Å². The van der Waals surface area contributed by atoms with Crippen LogP contribution in [0.5, 0.6) is 0 Å². The molecule has 0 unspecified atom stereocenters. The molecular weight excluding hydrogens is 306 g/mol. The van der Waals surface area contributed by atoms with Crippen LogP contribution in [0.2, 0.25) is 0 Å². The summed E-state index contributed by atoms with van der Waals surface area (Å²) >= 11 is 0. The molecule has 0 amide bonds. The molecule has 0 atom stereocenters. The summed E-state index contributed by atoms with van der Waals surface area (Å²) in [5, 5.41) is 4.30. The molecule has 0 saturated carbocycles. The average molecular weight is 325 g/mol. The van der Waals surface area contributed by atoms with Crippen molar-refractivity contribution in [1.82, 2.24) is 24.6 Å². The van der Waals surface area contributed by atoms with E-state index in [-0.39, 0.29) is 5.56 Å². The van der Waals surface area contributed by atoms with Gasteiger partial charge in [-0.2, -0.15) is 5.10 Å². The lowest BCUT2D eigenvalue weighted by Gasteiger charge is -2.27. The minimum Gasteiger partial charge on any atom is -0.461 e. The van der Waals surface area contributed by atoms with Crippen molar-refractivity contribution < 1.29 is 4.42 Å². The van der Waals surface area contributed by atoms with Crippen molar-refractivity contribution in [2.75, 3.05) is 6.54 Å². The first-order valence-corrected chi connectivity index (χ1v) is 8.13. The number of furan rings is 1. The zero-order valence-electron chi connectivity index (χ0n) is 13.5. The Bertz CT molecular complexity index is 894. The molecule has 4 rings (SSSR count). The Balaban J connectivity index is 1.58. The normalized spacial score (nSPS) is 14.7. The first-order chi connectivity index (χ1) is 11.7. The number of hydrogen-bond donors (Lipinski definition) is 1. The number of aromatic nitrogens is 4. The molecule has 1 aliphatic heterocycles. The van der Waals surface area contributed by atoms with Crippen LogP contribution in [0.4, 0.5) is 0 Å². The second kappa shape index (κ2) is 6.09. The fourth-order valence-electron chi connectivity index (χ4n) is 3.15. The Kier molecular flexibility index (Phi) is 3.78. The smallest absolute Gasteiger partial charge is 0.256 e. The minimum atomic E-state index is -0.0832. The molecule has 3 aromatic rings. The van der Waals surface area contributed by atoms with Gasteiger partial charge in [-0.15, -0.1) is 0 Å². The third kappa shape index (κ3) is 2.67. The summed E-state index contributed by atoms with van der Waals surface area (Å²) in [4.78, 5) is 22.2. The highest BCUT2D eigenvalue weighted by molar-refractivity contribution is 5.46. The van der Waals surface area contributed by atoms with Crippen LogP contribution >= 0.6 is 0 Å². The summed E-state index contributed by atoms with van der Waals surface area (Å²) in [5.41, 5.74) is 2.70. The molecule has 1 N–H and O–H groups in total. The summed E-state index contributed by atoms with van der Waals surface area (Å²) in [6, 6.07) is 5.61. The summed E-state index contributed by atoms with van der Waals surface area (Å²) < 4.78 is 7.31. The van der Waals surface area contributed by atoms with E-state index < -0.39 is 0 Å². The second-order valence-corrected chi connectivity index (χ2v) is 5.92. The predicted octanol–water partition coefficient (Wildman–Crippen LogP) is 1.80. The van der Waals surface area contributed by atoms with E-state index >= 15 is 0 Å². The maximum absolute atomic E-state index is 12.5. The predicted molar refractivity (Wildman–Crippen MR) is 88.3 cm³/mol. The number of H-pyrrole nitrogens is 1. The Labute approximate surface area is 138 Å². The Morgan fingerprint density at radius 3 is 3.08 bits per heavy atom. The van der Waals surface area contributed by atoms with Crippen molar-refractivity contribution in [3.63, 3.8) is 0 Å². The summed E-state index contributed by atoms with van der Waals surface area (Å²) in [5.74, 6) is 1.09. The first kappa shape index (κ1) is 14.9. The van der Waals surface area contributed by atoms with E-state index in [4.69, 9.17) is 4.42 Å². The molecule has 7 nitrogen and oxygen atoms in total. The molecule has 124 valence electrons. The fourth-order valence-corrected chi connectivity index (χ4v) is 3.15. The first-order valence-electron chi connectivity index (χ1n) is 8.13. The summed E-state index contributed by atoms with van der Waals surface area (Å²) in [6.45, 7) is 5.18. The zero-order valence-corrected chi connectivity index (χ0v) is 13.5. The van der Waals surface area contributed by atoms with Gasteiger partial charge in [0.1, 0.15) is 0 Å². The Morgan fingerprint density at radius 1 is 1.38 bits per heavy atom. The van der Waals surface area contributed by atoms with Crippen molar-refractivity contribution in [1.29, 1.82) is 0 Å². The zero-order chi connectivity index (χ0) is 16.5. The average Bonchev–Trinajstić information content (AvgIpc) is 3.26. The van der Waals surface area contributed by atoms with Gasteiger partial charge in [-0.1, -0.05) is 0 Å². The van der Waals surface area contributed by atoms with Gasteiger partial charge >= 0.3 is 0 Å². The molecule has 0 radical (unpaired) electrons. The monoisotopic (exact) mass is 325 g/mol. The number of nitrogens with one attached hydrogen (secondary N) is 1. The molecule has 0 spiro atoms. The molecule has 7 heteroatoms. The second-order valence-electron chi connectivity index (χ2n) is 5.92. The molecule has 4 heterocycles. The number of hydrogen-bond acceptors (Lipinski definition) is 5. The van der Waals surface area contributed by atoms with Gasteiger partial charge in [0.2, 0.25) is 0 Å². The highest BCUT2D eigenvalue weighted by atomic mass is 16.3. The molecule has 3 aromatic heterocycles. The van der Waals surface area contributed by atoms with Gasteiger partial charge in [0.05, 0.1) is 23.2 Å². The molecule has 24 heavy (non-hydrogen) atoms. The third-order valence-corrected chi connectivity index (χ3v) is 4.39. The molecule has 0 aliphatic carbocycles. The molecule has 0 fully saturated rings. The molecule has 1 aliphatic rings. The van der Waals surface area contributed by atoms with Gasteiger partial charge in [-0.3, -0.25) is 14.4 Å². The maximum atomic E-state index is 12.5. The molecular formula is C17H19N5O2. The quantitative estimate of drug-likeness (QED) is 0.791. The highest BCUT2D eigenvalue weighted by Crippen LogP contribution is 2.20. The summed E-state index contributed by atoms with van der Waals surface area (Å²) in [6.07, 6.45) is 4.15. The Morgan fingerprint density at radius 2 is 2.29 bits per heavy atom. The lowest BCUT2D eigenvalue weighted by Crippen LogP contribution is -2.36. The third-order valence-electron chi connectivity index (χ3n) is 4.39. The van der Waals surface area contributed by atoms with Gasteiger partial charge in [0.15, 0.2) is 11.6 Å². The fraction of sp³-hybridized carbons (Fsp3) is 0.353. The van der Waals surface area contributed by atoms with E-state index in [1.54, 1.807) is 18.4 Å². The van der Waals surface area contributed by atoms with Crippen LogP contribution in [0.3, 0.4) is 0 Å². The van der Waals surface area contributed by atoms with Gasteiger partial charge in [-0.05, 0) is 25.1 Å². The highest BCUT2D eigenvalue weighted by Gasteiger charge is 2.22. The van der Waals surface area contributed by atoms with Crippen molar-refractivity contribution in [3.8, 4) is 11.6 Å². The number of fused-ring (bicyclic) bond motifs is 1. The van der Waals surface area contributed by atoms with E-state index in [1.807, 2.05) is 16.9 Å². The van der Waals surface area contributed by atoms with Crippen molar-refractivity contribution in [2.45, 2.75) is 33.0 Å². The van der Waals surface area contributed by atoms with E-state index in [0.29, 0.717) is 18.1 Å². The molecule has 0 aromatic carbocycles. The molecule has 0 bridgehead atoms. The van der Waals surface area contributed by atoms with Crippen LogP contribution in [0.25, 0.3) is 11.6 Å². The van der Waals surface area contributed by atoms with Crippen LogP contribution in [0.15, 0.2) is 39.9 Å². The maximum Gasteiger partial charge on any atom is 0.256 e. The van der Waals surface area contributed by atoms with E-state index in [9.17, 15) is 4.79 Å². The van der Waals surface area contributed by atoms with Crippen molar-refractivity contribution >= 4 is 0 Å². The van der Waals surface area contributed by atoms with E-state index in [1.165, 1.54) is 0 Å². The lowest BCUT2D eigenvalue weighted by atomic mass is 10.1. The van der Waals surface area contributed by atoms with Crippen LogP contribution in [-0.2, 0) is 26.1 Å². The van der Waals surface area contributed by atoms with Crippen LogP contribution in [0.1, 0.15) is 23.9 Å². The standard InChI is InChI=1S/C17H19N5O2/c1-2-22-12(5-7-18-22)10-21-8-6-14-13(11-21)17(23)20-16(19-14)15-4-3-9-24-15/h3-5,7,9H,2,6,8,10-11H2,1H3,(H,19,20,23). The van der Waals surface area contributed by atoms with Gasteiger partial charge in [0, 0.05) is 38.8 Å². The van der Waals surface area contributed by atoms with E-state index in [0.717, 1.165) is 43.0 Å². The minimum absolute atomic E-state index is 0.0832. The largest absolute Gasteiger partial charge is 0.461 e. The van der Waals surface area contributed by atoms with Crippen LogP contribution in [-0.4, -0.2) is 31.2 Å².